The van der Waals surface area contributed by atoms with Crippen LogP contribution in [0.15, 0.2) is 42.5 Å². The summed E-state index contributed by atoms with van der Waals surface area (Å²) in [5.74, 6) is 0. The highest BCUT2D eigenvalue weighted by Crippen LogP contribution is 2.34. The van der Waals surface area contributed by atoms with E-state index in [9.17, 15) is 4.79 Å². The van der Waals surface area contributed by atoms with Gasteiger partial charge in [-0.25, -0.2) is 4.79 Å². The van der Waals surface area contributed by atoms with Gasteiger partial charge in [0, 0.05) is 44.0 Å². The molecule has 130 valence electrons. The van der Waals surface area contributed by atoms with Crippen molar-refractivity contribution in [2.24, 2.45) is 0 Å². The predicted molar refractivity (Wildman–Crippen MR) is 101 cm³/mol. The summed E-state index contributed by atoms with van der Waals surface area (Å²) in [6.45, 7) is 7.29. The Hall–Kier alpha value is -2.53. The monoisotopic (exact) mass is 336 g/mol. The summed E-state index contributed by atoms with van der Waals surface area (Å²) in [5, 5.41) is 6.45. The molecule has 2 aromatic carbocycles. The van der Waals surface area contributed by atoms with Gasteiger partial charge in [-0.15, -0.1) is 0 Å². The van der Waals surface area contributed by atoms with Crippen molar-refractivity contribution in [3.63, 3.8) is 0 Å². The van der Waals surface area contributed by atoms with Crippen molar-refractivity contribution in [2.45, 2.75) is 20.0 Å². The third-order valence-electron chi connectivity index (χ3n) is 5.13. The molecule has 2 N–H and O–H groups in total. The highest BCUT2D eigenvalue weighted by Gasteiger charge is 2.27. The average Bonchev–Trinajstić information content (AvgIpc) is 2.66. The number of nitrogens with one attached hydrogen (secondary N) is 2. The van der Waals surface area contributed by atoms with Crippen LogP contribution >= 0.6 is 0 Å². The van der Waals surface area contributed by atoms with E-state index in [1.54, 1.807) is 0 Å². The molecule has 0 aromatic heterocycles. The molecule has 0 radical (unpaired) electrons. The number of nitrogens with zero attached hydrogens (tertiary/aromatic N) is 2. The normalized spacial score (nSPS) is 17.2. The van der Waals surface area contributed by atoms with Gasteiger partial charge in [0.05, 0.1) is 12.2 Å². The van der Waals surface area contributed by atoms with Crippen LogP contribution in [0.25, 0.3) is 0 Å². The van der Waals surface area contributed by atoms with Crippen LogP contribution in [0.4, 0.5) is 16.2 Å². The number of rotatable bonds is 3. The molecular weight excluding hydrogens is 312 g/mol. The van der Waals surface area contributed by atoms with Crippen LogP contribution in [0, 0.1) is 6.92 Å². The predicted octanol–water partition coefficient (Wildman–Crippen LogP) is 2.63. The van der Waals surface area contributed by atoms with Crippen molar-refractivity contribution in [3.8, 4) is 0 Å². The summed E-state index contributed by atoms with van der Waals surface area (Å²) in [5.41, 5.74) is 5.88. The van der Waals surface area contributed by atoms with E-state index in [4.69, 9.17) is 0 Å². The molecule has 5 nitrogen and oxygen atoms in total. The zero-order chi connectivity index (χ0) is 17.2. The van der Waals surface area contributed by atoms with Gasteiger partial charge in [0.25, 0.3) is 0 Å². The standard InChI is InChI=1S/C20H24N4O/c1-15-5-2-3-6-16(15)14-24-19-8-4-7-18(17(19)13-22-20(24)25)23-11-9-21-10-12-23/h2-8,21H,9-14H2,1H3,(H,22,25). The Kier molecular flexibility index (Phi) is 4.32. The Bertz CT molecular complexity index is 783. The lowest BCUT2D eigenvalue weighted by Gasteiger charge is -2.36. The second-order valence-electron chi connectivity index (χ2n) is 6.68. The van der Waals surface area contributed by atoms with Crippen LogP contribution in [0.1, 0.15) is 16.7 Å². The maximum absolute atomic E-state index is 12.6. The quantitative estimate of drug-likeness (QED) is 0.906. The molecule has 0 saturated carbocycles. The number of benzene rings is 2. The molecule has 5 heteroatoms. The molecule has 0 aliphatic carbocycles. The van der Waals surface area contributed by atoms with Crippen LogP contribution in [0.3, 0.4) is 0 Å². The van der Waals surface area contributed by atoms with Gasteiger partial charge in [-0.3, -0.25) is 4.90 Å². The van der Waals surface area contributed by atoms with Crippen molar-refractivity contribution in [3.05, 3.63) is 59.2 Å². The number of piperazine rings is 1. The number of hydrogen-bond acceptors (Lipinski definition) is 3. The van der Waals surface area contributed by atoms with Crippen molar-refractivity contribution in [2.75, 3.05) is 36.0 Å². The van der Waals surface area contributed by atoms with Gasteiger partial charge in [-0.1, -0.05) is 30.3 Å². The third kappa shape index (κ3) is 3.07. The Morgan fingerprint density at radius 2 is 1.76 bits per heavy atom. The van der Waals surface area contributed by atoms with Gasteiger partial charge in [0.15, 0.2) is 0 Å². The number of carbonyl (C=O) groups excluding carboxylic acids is 1. The summed E-state index contributed by atoms with van der Waals surface area (Å²) >= 11 is 0. The maximum Gasteiger partial charge on any atom is 0.322 e. The summed E-state index contributed by atoms with van der Waals surface area (Å²) in [6.07, 6.45) is 0. The highest BCUT2D eigenvalue weighted by molar-refractivity contribution is 5.96. The van der Waals surface area contributed by atoms with Gasteiger partial charge in [0.1, 0.15) is 0 Å². The van der Waals surface area contributed by atoms with Crippen molar-refractivity contribution >= 4 is 17.4 Å². The summed E-state index contributed by atoms with van der Waals surface area (Å²) in [7, 11) is 0. The minimum atomic E-state index is -0.0202. The SMILES string of the molecule is Cc1ccccc1CN1C(=O)NCc2c(N3CCNCC3)cccc21. The second kappa shape index (κ2) is 6.76. The van der Waals surface area contributed by atoms with Crippen LogP contribution in [0.5, 0.6) is 0 Å². The molecule has 0 spiro atoms. The molecular formula is C20H24N4O. The Labute approximate surface area is 148 Å². The van der Waals surface area contributed by atoms with Crippen LogP contribution < -0.4 is 20.4 Å². The first kappa shape index (κ1) is 16.0. The highest BCUT2D eigenvalue weighted by atomic mass is 16.2. The molecule has 0 atom stereocenters. The fraction of sp³-hybridized carbons (Fsp3) is 0.350. The molecule has 0 bridgehead atoms. The number of urea groups is 1. The van der Waals surface area contributed by atoms with E-state index >= 15 is 0 Å². The molecule has 4 rings (SSSR count). The van der Waals surface area contributed by atoms with E-state index in [1.165, 1.54) is 22.4 Å². The van der Waals surface area contributed by atoms with Crippen LogP contribution in [-0.2, 0) is 13.1 Å². The molecule has 2 aliphatic rings. The van der Waals surface area contributed by atoms with E-state index in [0.717, 1.165) is 31.9 Å². The van der Waals surface area contributed by atoms with Gasteiger partial charge < -0.3 is 15.5 Å². The van der Waals surface area contributed by atoms with E-state index < -0.39 is 0 Å². The first-order valence-corrected chi connectivity index (χ1v) is 8.91. The molecule has 2 amide bonds. The van der Waals surface area contributed by atoms with Gasteiger partial charge >= 0.3 is 6.03 Å². The zero-order valence-electron chi connectivity index (χ0n) is 14.6. The van der Waals surface area contributed by atoms with Crippen molar-refractivity contribution in [1.29, 1.82) is 0 Å². The smallest absolute Gasteiger partial charge is 0.322 e. The van der Waals surface area contributed by atoms with E-state index in [-0.39, 0.29) is 6.03 Å². The zero-order valence-corrected chi connectivity index (χ0v) is 14.6. The average molecular weight is 336 g/mol. The topological polar surface area (TPSA) is 47.6 Å². The lowest BCUT2D eigenvalue weighted by Crippen LogP contribution is -2.47. The van der Waals surface area contributed by atoms with Gasteiger partial charge in [0.2, 0.25) is 0 Å². The summed E-state index contributed by atoms with van der Waals surface area (Å²) in [4.78, 5) is 16.8. The number of anilines is 2. The number of aryl methyl sites for hydroxylation is 1. The van der Waals surface area contributed by atoms with Crippen LogP contribution in [0.2, 0.25) is 0 Å². The molecule has 1 fully saturated rings. The first-order valence-electron chi connectivity index (χ1n) is 8.91. The number of fused-ring (bicyclic) bond motifs is 1. The Morgan fingerprint density at radius 3 is 2.56 bits per heavy atom. The first-order chi connectivity index (χ1) is 12.2. The van der Waals surface area contributed by atoms with Gasteiger partial charge in [-0.05, 0) is 30.2 Å². The fourth-order valence-corrected chi connectivity index (χ4v) is 3.68. The van der Waals surface area contributed by atoms with E-state index in [1.807, 2.05) is 17.0 Å². The molecule has 2 aliphatic heterocycles. The van der Waals surface area contributed by atoms with Gasteiger partial charge in [-0.2, -0.15) is 0 Å². The number of hydrogen-bond donors (Lipinski definition) is 2. The number of carbonyl (C=O) groups is 1. The van der Waals surface area contributed by atoms with Crippen molar-refractivity contribution in [1.82, 2.24) is 10.6 Å². The van der Waals surface area contributed by atoms with Crippen molar-refractivity contribution < 1.29 is 4.79 Å². The lowest BCUT2D eigenvalue weighted by atomic mass is 10.0. The molecule has 1 saturated heterocycles. The second-order valence-corrected chi connectivity index (χ2v) is 6.68. The third-order valence-corrected chi connectivity index (χ3v) is 5.13. The van der Waals surface area contributed by atoms with Crippen LogP contribution in [-0.4, -0.2) is 32.2 Å². The largest absolute Gasteiger partial charge is 0.369 e. The van der Waals surface area contributed by atoms with E-state index in [0.29, 0.717) is 13.1 Å². The Morgan fingerprint density at radius 1 is 1.00 bits per heavy atom. The minimum absolute atomic E-state index is 0.0202. The summed E-state index contributed by atoms with van der Waals surface area (Å²) < 4.78 is 0. The minimum Gasteiger partial charge on any atom is -0.369 e. The maximum atomic E-state index is 12.6. The fourth-order valence-electron chi connectivity index (χ4n) is 3.68. The molecule has 2 aromatic rings. The molecule has 25 heavy (non-hydrogen) atoms. The van der Waals surface area contributed by atoms with E-state index in [2.05, 4.69) is 52.8 Å². The number of amides is 2. The molecule has 0 unspecified atom stereocenters. The Balaban J connectivity index is 1.69. The summed E-state index contributed by atoms with van der Waals surface area (Å²) in [6, 6.07) is 14.5. The molecule has 2 heterocycles. The lowest BCUT2D eigenvalue weighted by molar-refractivity contribution is 0.244.